The molecule has 0 aliphatic carbocycles. The zero-order valence-corrected chi connectivity index (χ0v) is 6.65. The van der Waals surface area contributed by atoms with E-state index >= 15 is 0 Å². The number of hydrogen-bond donors (Lipinski definition) is 1. The number of ether oxygens (including phenoxy) is 2. The molecule has 0 aromatic rings. The van der Waals surface area contributed by atoms with Crippen LogP contribution in [-0.4, -0.2) is 27.5 Å². The Balaban J connectivity index is 4.41. The van der Waals surface area contributed by atoms with E-state index in [4.69, 9.17) is 0 Å². The minimum atomic E-state index is -5.10. The number of hydrogen-bond acceptors (Lipinski definition) is 4. The average Bonchev–Trinajstić information content (AvgIpc) is 1.78. The fraction of sp³-hybridized carbons (Fsp3) is 1.00. The lowest BCUT2D eigenvalue weighted by Gasteiger charge is -2.14. The molecule has 0 aromatic heterocycles. The van der Waals surface area contributed by atoms with E-state index in [9.17, 15) is 21.6 Å². The fourth-order valence-electron chi connectivity index (χ4n) is 0.358. The Morgan fingerprint density at radius 2 is 1.83 bits per heavy atom. The third kappa shape index (κ3) is 4.49. The van der Waals surface area contributed by atoms with Gasteiger partial charge in [-0.1, -0.05) is 0 Å². The van der Waals surface area contributed by atoms with E-state index in [1.165, 1.54) is 0 Å². The number of alkyl halides is 3. The van der Waals surface area contributed by atoms with Crippen molar-refractivity contribution < 1.29 is 31.1 Å². The van der Waals surface area contributed by atoms with E-state index < -0.39 is 22.0 Å². The summed E-state index contributed by atoms with van der Waals surface area (Å²) in [5, 5.41) is 4.32. The first kappa shape index (κ1) is 11.6. The van der Waals surface area contributed by atoms with Gasteiger partial charge in [-0.05, 0) is 0 Å². The Hall–Kier alpha value is -0.380. The summed E-state index contributed by atoms with van der Waals surface area (Å²) in [4.78, 5) is 0. The van der Waals surface area contributed by atoms with E-state index in [-0.39, 0.29) is 0 Å². The van der Waals surface area contributed by atoms with Crippen molar-refractivity contribution in [1.82, 2.24) is 0 Å². The van der Waals surface area contributed by atoms with Crippen molar-refractivity contribution in [3.63, 3.8) is 0 Å². The zero-order chi connectivity index (χ0) is 9.99. The van der Waals surface area contributed by atoms with Gasteiger partial charge < -0.3 is 4.74 Å². The highest BCUT2D eigenvalue weighted by molar-refractivity contribution is 7.89. The molecule has 0 aromatic carbocycles. The predicted molar refractivity (Wildman–Crippen MR) is 31.0 cm³/mol. The second-order valence-electron chi connectivity index (χ2n) is 1.68. The molecule has 0 saturated carbocycles. The molecule has 0 aliphatic heterocycles. The van der Waals surface area contributed by atoms with E-state index in [0.29, 0.717) is 0 Å². The maximum absolute atomic E-state index is 11.4. The molecule has 12 heavy (non-hydrogen) atoms. The first-order valence-corrected chi connectivity index (χ1v) is 4.06. The average molecular weight is 209 g/mol. The number of nitrogens with two attached hydrogens (primary N) is 1. The molecule has 0 spiro atoms. The van der Waals surface area contributed by atoms with Gasteiger partial charge >= 0.3 is 6.36 Å². The van der Waals surface area contributed by atoms with Crippen LogP contribution < -0.4 is 5.14 Å². The summed E-state index contributed by atoms with van der Waals surface area (Å²) in [5.74, 6) is 0. The van der Waals surface area contributed by atoms with Crippen LogP contribution >= 0.6 is 0 Å². The quantitative estimate of drug-likeness (QED) is 0.649. The van der Waals surface area contributed by atoms with Gasteiger partial charge in [-0.3, -0.25) is 0 Å². The van der Waals surface area contributed by atoms with Crippen molar-refractivity contribution in [2.45, 2.75) is 12.0 Å². The van der Waals surface area contributed by atoms with Crippen molar-refractivity contribution in [1.29, 1.82) is 0 Å². The highest BCUT2D eigenvalue weighted by Gasteiger charge is 2.38. The Labute approximate surface area is 66.3 Å². The third-order valence-corrected chi connectivity index (χ3v) is 1.52. The summed E-state index contributed by atoms with van der Waals surface area (Å²) in [7, 11) is -3.79. The molecule has 0 saturated heterocycles. The molecule has 74 valence electrons. The van der Waals surface area contributed by atoms with E-state index in [2.05, 4.69) is 14.6 Å². The molecule has 2 N–H and O–H groups in total. The molecule has 0 bridgehead atoms. The molecular formula is C3H6F3NO4S. The Bertz CT molecular complexity index is 234. The predicted octanol–water partition coefficient (Wildman–Crippen LogP) is -0.259. The molecule has 0 heterocycles. The van der Waals surface area contributed by atoms with E-state index in [1.54, 1.807) is 0 Å². The normalized spacial score (nSPS) is 16.1. The minimum Gasteiger partial charge on any atom is -0.342 e. The molecule has 1 atom stereocenters. The van der Waals surface area contributed by atoms with Crippen LogP contribution in [-0.2, 0) is 19.5 Å². The lowest BCUT2D eigenvalue weighted by Crippen LogP contribution is -2.36. The number of rotatable bonds is 3. The molecule has 9 heteroatoms. The molecule has 0 fully saturated rings. The highest BCUT2D eigenvalue weighted by atomic mass is 32.2. The lowest BCUT2D eigenvalue weighted by molar-refractivity contribution is -0.358. The van der Waals surface area contributed by atoms with Crippen LogP contribution in [0.25, 0.3) is 0 Å². The molecule has 0 rings (SSSR count). The third-order valence-electron chi connectivity index (χ3n) is 0.691. The Kier molecular flexibility index (Phi) is 3.45. The van der Waals surface area contributed by atoms with Crippen molar-refractivity contribution in [2.75, 3.05) is 7.11 Å². The fourth-order valence-corrected chi connectivity index (χ4v) is 0.870. The topological polar surface area (TPSA) is 78.6 Å². The summed E-state index contributed by atoms with van der Waals surface area (Å²) >= 11 is 0. The maximum atomic E-state index is 11.4. The maximum Gasteiger partial charge on any atom is 0.525 e. The summed E-state index contributed by atoms with van der Waals surface area (Å²) in [5.41, 5.74) is -2.52. The van der Waals surface area contributed by atoms with Crippen LogP contribution in [0.1, 0.15) is 0 Å². The smallest absolute Gasteiger partial charge is 0.342 e. The van der Waals surface area contributed by atoms with Crippen LogP contribution in [0.2, 0.25) is 0 Å². The molecule has 0 aliphatic rings. The minimum absolute atomic E-state index is 0.723. The van der Waals surface area contributed by atoms with Gasteiger partial charge in [0.05, 0.1) is 0 Å². The lowest BCUT2D eigenvalue weighted by atomic mass is 11.2. The van der Waals surface area contributed by atoms with Gasteiger partial charge in [-0.25, -0.2) is 18.3 Å². The largest absolute Gasteiger partial charge is 0.525 e. The number of methoxy groups -OCH3 is 1. The number of halogens is 3. The van der Waals surface area contributed by atoms with Crippen LogP contribution in [0.3, 0.4) is 0 Å². The van der Waals surface area contributed by atoms with Crippen molar-refractivity contribution in [3.05, 3.63) is 0 Å². The van der Waals surface area contributed by atoms with Crippen molar-refractivity contribution >= 4 is 10.0 Å². The molecule has 1 unspecified atom stereocenters. The van der Waals surface area contributed by atoms with Crippen LogP contribution in [0, 0.1) is 0 Å². The summed E-state index contributed by atoms with van der Waals surface area (Å²) in [6.07, 6.45) is -5.10. The van der Waals surface area contributed by atoms with Crippen LogP contribution in [0.4, 0.5) is 13.2 Å². The van der Waals surface area contributed by atoms with E-state index in [0.717, 1.165) is 7.11 Å². The Morgan fingerprint density at radius 3 is 1.92 bits per heavy atom. The zero-order valence-electron chi connectivity index (χ0n) is 5.83. The van der Waals surface area contributed by atoms with Gasteiger partial charge in [0.25, 0.3) is 15.6 Å². The van der Waals surface area contributed by atoms with Gasteiger partial charge in [0.1, 0.15) is 0 Å². The summed E-state index contributed by atoms with van der Waals surface area (Å²) in [6.45, 7) is 0. The van der Waals surface area contributed by atoms with Crippen LogP contribution in [0.15, 0.2) is 0 Å². The Morgan fingerprint density at radius 1 is 1.42 bits per heavy atom. The highest BCUT2D eigenvalue weighted by Crippen LogP contribution is 2.20. The molecular weight excluding hydrogens is 203 g/mol. The molecule has 0 radical (unpaired) electrons. The van der Waals surface area contributed by atoms with Crippen molar-refractivity contribution in [2.24, 2.45) is 5.14 Å². The van der Waals surface area contributed by atoms with Gasteiger partial charge in [-0.2, -0.15) is 0 Å². The van der Waals surface area contributed by atoms with Crippen LogP contribution in [0.5, 0.6) is 0 Å². The summed E-state index contributed by atoms with van der Waals surface area (Å²) < 4.78 is 61.6. The van der Waals surface area contributed by atoms with Crippen molar-refractivity contribution in [3.8, 4) is 0 Å². The second kappa shape index (κ2) is 3.56. The first-order chi connectivity index (χ1) is 5.17. The van der Waals surface area contributed by atoms with Gasteiger partial charge in [0.2, 0.25) is 0 Å². The number of sulfonamides is 1. The SMILES string of the molecule is COC(OC(F)(F)F)S(N)(=O)=O. The number of primary sulfonamides is 1. The standard InChI is InChI=1S/C3H6F3NO4S/c1-10-2(12(7,8)9)11-3(4,5)6/h2H,1H3,(H2,7,8,9). The molecule has 0 amide bonds. The monoisotopic (exact) mass is 209 g/mol. The van der Waals surface area contributed by atoms with E-state index in [1.807, 2.05) is 0 Å². The van der Waals surface area contributed by atoms with Gasteiger partial charge in [0.15, 0.2) is 0 Å². The summed E-state index contributed by atoms with van der Waals surface area (Å²) in [6, 6.07) is 0. The first-order valence-electron chi connectivity index (χ1n) is 2.46. The molecule has 5 nitrogen and oxygen atoms in total. The van der Waals surface area contributed by atoms with Gasteiger partial charge in [0, 0.05) is 7.11 Å². The second-order valence-corrected chi connectivity index (χ2v) is 3.24. The van der Waals surface area contributed by atoms with Gasteiger partial charge in [-0.15, -0.1) is 13.2 Å².